The summed E-state index contributed by atoms with van der Waals surface area (Å²) in [6.07, 6.45) is 7.81. The van der Waals surface area contributed by atoms with Crippen molar-refractivity contribution in [1.82, 2.24) is 0 Å². The van der Waals surface area contributed by atoms with Crippen molar-refractivity contribution in [3.05, 3.63) is 27.7 Å². The maximum Gasteiger partial charge on any atom is 0.153 e. The van der Waals surface area contributed by atoms with Crippen LogP contribution in [0.4, 0.5) is 0 Å². The predicted octanol–water partition coefficient (Wildman–Crippen LogP) is 4.91. The summed E-state index contributed by atoms with van der Waals surface area (Å²) in [6.45, 7) is 0. The molecule has 18 heavy (non-hydrogen) atoms. The van der Waals surface area contributed by atoms with Crippen molar-refractivity contribution in [3.8, 4) is 5.75 Å². The van der Waals surface area contributed by atoms with Crippen LogP contribution >= 0.6 is 23.2 Å². The third-order valence-electron chi connectivity index (χ3n) is 3.25. The Morgan fingerprint density at radius 2 is 1.78 bits per heavy atom. The highest BCUT2D eigenvalue weighted by Gasteiger charge is 2.18. The molecule has 0 N–H and O–H groups in total. The van der Waals surface area contributed by atoms with Gasteiger partial charge in [-0.3, -0.25) is 4.79 Å². The monoisotopic (exact) mass is 286 g/mol. The van der Waals surface area contributed by atoms with E-state index in [1.165, 1.54) is 25.7 Å². The third-order valence-corrected chi connectivity index (χ3v) is 3.75. The number of halogens is 2. The van der Waals surface area contributed by atoms with Gasteiger partial charge >= 0.3 is 0 Å². The summed E-state index contributed by atoms with van der Waals surface area (Å²) in [6, 6.07) is 3.20. The number of benzene rings is 1. The molecular weight excluding hydrogens is 271 g/mol. The minimum Gasteiger partial charge on any atom is -0.488 e. The quantitative estimate of drug-likeness (QED) is 0.583. The first-order valence-electron chi connectivity index (χ1n) is 6.31. The summed E-state index contributed by atoms with van der Waals surface area (Å²) in [5.41, 5.74) is 0.428. The van der Waals surface area contributed by atoms with Gasteiger partial charge in [0.2, 0.25) is 0 Å². The normalized spacial score (nSPS) is 17.2. The Bertz CT molecular complexity index is 424. The third kappa shape index (κ3) is 3.39. The fourth-order valence-electron chi connectivity index (χ4n) is 2.32. The van der Waals surface area contributed by atoms with Gasteiger partial charge in [-0.1, -0.05) is 36.0 Å². The lowest BCUT2D eigenvalue weighted by Crippen LogP contribution is -2.16. The second-order valence-electron chi connectivity index (χ2n) is 4.66. The zero-order valence-corrected chi connectivity index (χ0v) is 11.6. The summed E-state index contributed by atoms with van der Waals surface area (Å²) >= 11 is 12.0. The van der Waals surface area contributed by atoms with Crippen molar-refractivity contribution in [2.45, 2.75) is 44.6 Å². The molecule has 0 unspecified atom stereocenters. The van der Waals surface area contributed by atoms with Crippen LogP contribution < -0.4 is 4.74 Å². The summed E-state index contributed by atoms with van der Waals surface area (Å²) < 4.78 is 5.92. The average molecular weight is 287 g/mol. The predicted molar refractivity (Wildman–Crippen MR) is 74.0 cm³/mol. The molecule has 1 aromatic carbocycles. The highest BCUT2D eigenvalue weighted by atomic mass is 35.5. The minimum atomic E-state index is 0.157. The summed E-state index contributed by atoms with van der Waals surface area (Å²) in [5, 5.41) is 0.865. The van der Waals surface area contributed by atoms with Gasteiger partial charge in [-0.25, -0.2) is 0 Å². The number of carbonyl (C=O) groups excluding carboxylic acids is 1. The zero-order chi connectivity index (χ0) is 13.0. The van der Waals surface area contributed by atoms with Gasteiger partial charge in [-0.2, -0.15) is 0 Å². The van der Waals surface area contributed by atoms with Crippen LogP contribution in [0.3, 0.4) is 0 Å². The molecule has 98 valence electrons. The van der Waals surface area contributed by atoms with Gasteiger partial charge in [0.05, 0.1) is 16.7 Å². The largest absolute Gasteiger partial charge is 0.488 e. The maximum atomic E-state index is 11.0. The highest BCUT2D eigenvalue weighted by molar-refractivity contribution is 6.36. The first-order chi connectivity index (χ1) is 8.70. The lowest BCUT2D eigenvalue weighted by Gasteiger charge is -2.19. The van der Waals surface area contributed by atoms with Crippen molar-refractivity contribution < 1.29 is 9.53 Å². The van der Waals surface area contributed by atoms with Crippen LogP contribution in [-0.2, 0) is 0 Å². The van der Waals surface area contributed by atoms with E-state index < -0.39 is 0 Å². The van der Waals surface area contributed by atoms with E-state index in [-0.39, 0.29) is 6.10 Å². The van der Waals surface area contributed by atoms with Gasteiger partial charge in [0.1, 0.15) is 5.75 Å². The number of ether oxygens (including phenoxy) is 1. The second-order valence-corrected chi connectivity index (χ2v) is 5.50. The Morgan fingerprint density at radius 3 is 2.39 bits per heavy atom. The molecule has 0 saturated heterocycles. The van der Waals surface area contributed by atoms with Crippen molar-refractivity contribution in [2.24, 2.45) is 0 Å². The molecule has 0 aliphatic heterocycles. The van der Waals surface area contributed by atoms with Crippen LogP contribution in [0.1, 0.15) is 48.9 Å². The van der Waals surface area contributed by atoms with Crippen LogP contribution in [0.25, 0.3) is 0 Å². The molecule has 2 rings (SSSR count). The second kappa shape index (κ2) is 6.44. The molecular formula is C14H16Cl2O2. The first kappa shape index (κ1) is 13.7. The van der Waals surface area contributed by atoms with Crippen molar-refractivity contribution in [3.63, 3.8) is 0 Å². The molecule has 0 atom stereocenters. The molecule has 1 aliphatic rings. The summed E-state index contributed by atoms with van der Waals surface area (Å²) in [7, 11) is 0. The Morgan fingerprint density at radius 1 is 1.11 bits per heavy atom. The molecule has 0 heterocycles. The van der Waals surface area contributed by atoms with Crippen molar-refractivity contribution >= 4 is 29.5 Å². The van der Waals surface area contributed by atoms with Gasteiger partial charge in [0.15, 0.2) is 6.29 Å². The molecule has 0 radical (unpaired) electrons. The molecule has 1 saturated carbocycles. The van der Waals surface area contributed by atoms with E-state index in [9.17, 15) is 4.79 Å². The van der Waals surface area contributed by atoms with E-state index in [0.29, 0.717) is 21.4 Å². The Balaban J connectivity index is 2.19. The standard InChI is InChI=1S/C14H16Cl2O2/c15-11-7-10(9-17)14(13(16)8-11)18-12-5-3-1-2-4-6-12/h7-9,12H,1-6H2. The van der Waals surface area contributed by atoms with E-state index >= 15 is 0 Å². The lowest BCUT2D eigenvalue weighted by atomic mass is 10.1. The number of carbonyl (C=O) groups is 1. The van der Waals surface area contributed by atoms with Crippen LogP contribution in [0.15, 0.2) is 12.1 Å². The van der Waals surface area contributed by atoms with E-state index in [4.69, 9.17) is 27.9 Å². The van der Waals surface area contributed by atoms with Crippen molar-refractivity contribution in [2.75, 3.05) is 0 Å². The van der Waals surface area contributed by atoms with Crippen LogP contribution in [0.5, 0.6) is 5.75 Å². The maximum absolute atomic E-state index is 11.0. The lowest BCUT2D eigenvalue weighted by molar-refractivity contribution is 0.111. The van der Waals surface area contributed by atoms with E-state index in [1.54, 1.807) is 12.1 Å². The molecule has 1 aliphatic carbocycles. The minimum absolute atomic E-state index is 0.157. The zero-order valence-electron chi connectivity index (χ0n) is 10.1. The van der Waals surface area contributed by atoms with Crippen LogP contribution in [0, 0.1) is 0 Å². The SMILES string of the molecule is O=Cc1cc(Cl)cc(Cl)c1OC1CCCCCC1. The smallest absolute Gasteiger partial charge is 0.153 e. The van der Waals surface area contributed by atoms with E-state index in [2.05, 4.69) is 0 Å². The number of hydrogen-bond acceptors (Lipinski definition) is 2. The van der Waals surface area contributed by atoms with Gasteiger partial charge < -0.3 is 4.74 Å². The van der Waals surface area contributed by atoms with Crippen LogP contribution in [-0.4, -0.2) is 12.4 Å². The average Bonchev–Trinajstić information content (AvgIpc) is 2.60. The summed E-state index contributed by atoms with van der Waals surface area (Å²) in [5.74, 6) is 0.475. The van der Waals surface area contributed by atoms with Gasteiger partial charge in [0, 0.05) is 5.02 Å². The summed E-state index contributed by atoms with van der Waals surface area (Å²) in [4.78, 5) is 11.0. The number of aldehydes is 1. The van der Waals surface area contributed by atoms with E-state index in [1.807, 2.05) is 0 Å². The van der Waals surface area contributed by atoms with Crippen LogP contribution in [0.2, 0.25) is 10.0 Å². The van der Waals surface area contributed by atoms with Crippen molar-refractivity contribution in [1.29, 1.82) is 0 Å². The molecule has 1 aromatic rings. The fourth-order valence-corrected chi connectivity index (χ4v) is 2.87. The highest BCUT2D eigenvalue weighted by Crippen LogP contribution is 2.34. The Hall–Kier alpha value is -0.730. The first-order valence-corrected chi connectivity index (χ1v) is 7.07. The Labute approximate surface area is 117 Å². The molecule has 4 heteroatoms. The molecule has 1 fully saturated rings. The number of hydrogen-bond donors (Lipinski definition) is 0. The molecule has 2 nitrogen and oxygen atoms in total. The molecule has 0 spiro atoms. The Kier molecular flexibility index (Phi) is 4.90. The van der Waals surface area contributed by atoms with Gasteiger partial charge in [0.25, 0.3) is 0 Å². The van der Waals surface area contributed by atoms with Gasteiger partial charge in [-0.15, -0.1) is 0 Å². The molecule has 0 amide bonds. The topological polar surface area (TPSA) is 26.3 Å². The van der Waals surface area contributed by atoms with E-state index in [0.717, 1.165) is 19.1 Å². The van der Waals surface area contributed by atoms with Gasteiger partial charge in [-0.05, 0) is 37.8 Å². The number of rotatable bonds is 3. The molecule has 0 bridgehead atoms. The molecule has 0 aromatic heterocycles. The fraction of sp³-hybridized carbons (Fsp3) is 0.500.